The minimum absolute atomic E-state index is 0.152. The van der Waals surface area contributed by atoms with Gasteiger partial charge in [0.2, 0.25) is 5.55 Å². The zero-order valence-electron chi connectivity index (χ0n) is 16.3. The number of pyridine rings is 1. The van der Waals surface area contributed by atoms with E-state index in [2.05, 4.69) is 15.3 Å². The lowest BCUT2D eigenvalue weighted by Gasteiger charge is -2.09. The minimum atomic E-state index is -0.380. The summed E-state index contributed by atoms with van der Waals surface area (Å²) in [7, 11) is 1.56. The molecule has 0 saturated heterocycles. The summed E-state index contributed by atoms with van der Waals surface area (Å²) in [6, 6.07) is 19.5. The van der Waals surface area contributed by atoms with Gasteiger partial charge in [-0.1, -0.05) is 29.8 Å². The molecular formula is C23H18ClN3O3. The van der Waals surface area contributed by atoms with E-state index in [-0.39, 0.29) is 17.0 Å². The van der Waals surface area contributed by atoms with E-state index in [1.807, 2.05) is 31.2 Å². The van der Waals surface area contributed by atoms with Crippen LogP contribution in [0.25, 0.3) is 11.0 Å². The van der Waals surface area contributed by atoms with E-state index in [4.69, 9.17) is 20.8 Å². The van der Waals surface area contributed by atoms with Crippen LogP contribution in [0.4, 0.5) is 11.5 Å². The average molecular weight is 420 g/mol. The van der Waals surface area contributed by atoms with Gasteiger partial charge in [0.15, 0.2) is 11.3 Å². The molecule has 0 saturated carbocycles. The summed E-state index contributed by atoms with van der Waals surface area (Å²) in [6.07, 6.45) is 0. The van der Waals surface area contributed by atoms with Crippen molar-refractivity contribution in [3.05, 3.63) is 88.6 Å². The fourth-order valence-corrected chi connectivity index (χ4v) is 3.09. The molecule has 6 nitrogen and oxygen atoms in total. The van der Waals surface area contributed by atoms with Crippen molar-refractivity contribution in [2.45, 2.75) is 6.92 Å². The van der Waals surface area contributed by atoms with Crippen LogP contribution < -0.4 is 15.6 Å². The number of nitrogens with one attached hydrogen (secondary N) is 1. The first kappa shape index (κ1) is 19.7. The lowest BCUT2D eigenvalue weighted by Crippen LogP contribution is -2.22. The van der Waals surface area contributed by atoms with Crippen LogP contribution in [0.3, 0.4) is 0 Å². The maximum absolute atomic E-state index is 13.1. The van der Waals surface area contributed by atoms with Crippen LogP contribution >= 0.6 is 11.6 Å². The first-order chi connectivity index (χ1) is 14.5. The second-order valence-electron chi connectivity index (χ2n) is 6.55. The van der Waals surface area contributed by atoms with Gasteiger partial charge in [-0.25, -0.2) is 9.98 Å². The van der Waals surface area contributed by atoms with Gasteiger partial charge in [-0.3, -0.25) is 4.79 Å². The fraction of sp³-hybridized carbons (Fsp3) is 0.0870. The third kappa shape index (κ3) is 4.18. The van der Waals surface area contributed by atoms with Gasteiger partial charge < -0.3 is 14.5 Å². The SMILES string of the molecule is COc1cccc2cc(C(=O)Nc3cccc(C)n3)c(=Nc3ccc(Cl)cc3)oc12. The molecule has 0 aliphatic heterocycles. The number of carbonyl (C=O) groups is 1. The van der Waals surface area contributed by atoms with Crippen molar-refractivity contribution in [2.24, 2.45) is 4.99 Å². The van der Waals surface area contributed by atoms with E-state index in [1.165, 1.54) is 0 Å². The first-order valence-electron chi connectivity index (χ1n) is 9.19. The Hall–Kier alpha value is -3.64. The van der Waals surface area contributed by atoms with Crippen LogP contribution in [0.2, 0.25) is 5.02 Å². The number of ether oxygens (including phenoxy) is 1. The molecule has 0 fully saturated rings. The molecule has 0 unspecified atom stereocenters. The van der Waals surface area contributed by atoms with Crippen LogP contribution in [-0.2, 0) is 0 Å². The van der Waals surface area contributed by atoms with Crippen molar-refractivity contribution >= 4 is 40.0 Å². The molecule has 30 heavy (non-hydrogen) atoms. The molecule has 0 spiro atoms. The third-order valence-corrected chi connectivity index (χ3v) is 4.64. The van der Waals surface area contributed by atoms with Crippen molar-refractivity contribution in [2.75, 3.05) is 12.4 Å². The van der Waals surface area contributed by atoms with E-state index in [0.29, 0.717) is 33.2 Å². The van der Waals surface area contributed by atoms with Crippen molar-refractivity contribution in [3.63, 3.8) is 0 Å². The fourth-order valence-electron chi connectivity index (χ4n) is 2.96. The highest BCUT2D eigenvalue weighted by atomic mass is 35.5. The van der Waals surface area contributed by atoms with Crippen molar-refractivity contribution in [3.8, 4) is 5.75 Å². The van der Waals surface area contributed by atoms with Crippen LogP contribution in [0.5, 0.6) is 5.75 Å². The Balaban J connectivity index is 1.87. The zero-order chi connectivity index (χ0) is 21.1. The van der Waals surface area contributed by atoms with Gasteiger partial charge in [0.25, 0.3) is 5.91 Å². The quantitative estimate of drug-likeness (QED) is 0.488. The van der Waals surface area contributed by atoms with Crippen LogP contribution in [0, 0.1) is 6.92 Å². The van der Waals surface area contributed by atoms with E-state index < -0.39 is 0 Å². The molecule has 0 aliphatic carbocycles. The highest BCUT2D eigenvalue weighted by Crippen LogP contribution is 2.25. The predicted molar refractivity (Wildman–Crippen MR) is 116 cm³/mol. The number of halogens is 1. The summed E-state index contributed by atoms with van der Waals surface area (Å²) in [5.41, 5.74) is 2.32. The topological polar surface area (TPSA) is 76.7 Å². The Kier molecular flexibility index (Phi) is 5.50. The third-order valence-electron chi connectivity index (χ3n) is 4.39. The second kappa shape index (κ2) is 8.39. The normalized spacial score (nSPS) is 11.5. The highest BCUT2D eigenvalue weighted by molar-refractivity contribution is 6.30. The Bertz CT molecular complexity index is 1300. The van der Waals surface area contributed by atoms with Gasteiger partial charge in [-0.05, 0) is 55.5 Å². The molecule has 0 atom stereocenters. The molecule has 7 heteroatoms. The lowest BCUT2D eigenvalue weighted by atomic mass is 10.1. The molecule has 1 amide bonds. The number of aromatic nitrogens is 1. The number of rotatable bonds is 4. The number of methoxy groups -OCH3 is 1. The van der Waals surface area contributed by atoms with Gasteiger partial charge in [-0.15, -0.1) is 0 Å². The molecule has 4 aromatic rings. The molecule has 2 aromatic carbocycles. The summed E-state index contributed by atoms with van der Waals surface area (Å²) in [6.45, 7) is 1.86. The second-order valence-corrected chi connectivity index (χ2v) is 6.99. The van der Waals surface area contributed by atoms with E-state index >= 15 is 0 Å². The zero-order valence-corrected chi connectivity index (χ0v) is 17.1. The van der Waals surface area contributed by atoms with Gasteiger partial charge in [0, 0.05) is 16.1 Å². The van der Waals surface area contributed by atoms with Crippen LogP contribution in [-0.4, -0.2) is 18.0 Å². The molecule has 2 aromatic heterocycles. The van der Waals surface area contributed by atoms with Gasteiger partial charge in [-0.2, -0.15) is 0 Å². The Morgan fingerprint density at radius 1 is 1.10 bits per heavy atom. The van der Waals surface area contributed by atoms with E-state index in [0.717, 1.165) is 5.69 Å². The average Bonchev–Trinajstić information content (AvgIpc) is 2.74. The number of aryl methyl sites for hydroxylation is 1. The molecule has 2 heterocycles. The Morgan fingerprint density at radius 3 is 2.60 bits per heavy atom. The van der Waals surface area contributed by atoms with Crippen molar-refractivity contribution in [1.82, 2.24) is 4.98 Å². The van der Waals surface area contributed by atoms with Gasteiger partial charge >= 0.3 is 0 Å². The number of hydrogen-bond acceptors (Lipinski definition) is 5. The number of benzene rings is 2. The van der Waals surface area contributed by atoms with Crippen molar-refractivity contribution < 1.29 is 13.9 Å². The molecule has 0 radical (unpaired) electrons. The summed E-state index contributed by atoms with van der Waals surface area (Å²) in [5, 5.41) is 4.11. The number of carbonyl (C=O) groups excluding carboxylic acids is 1. The standard InChI is InChI=1S/C23H18ClN3O3/c1-14-5-3-8-20(25-14)27-22(28)18-13-15-6-4-7-19(29-2)21(15)30-23(18)26-17-11-9-16(24)10-12-17/h3-13H,1-2H3,(H,25,27,28). The summed E-state index contributed by atoms with van der Waals surface area (Å²) >= 11 is 5.96. The van der Waals surface area contributed by atoms with Crippen LogP contribution in [0.1, 0.15) is 16.1 Å². The van der Waals surface area contributed by atoms with E-state index in [9.17, 15) is 4.79 Å². The lowest BCUT2D eigenvalue weighted by molar-refractivity contribution is 0.102. The summed E-state index contributed by atoms with van der Waals surface area (Å²) < 4.78 is 11.4. The summed E-state index contributed by atoms with van der Waals surface area (Å²) in [5.74, 6) is 0.616. The van der Waals surface area contributed by atoms with Gasteiger partial charge in [0.05, 0.1) is 12.8 Å². The smallest absolute Gasteiger partial charge is 0.262 e. The molecule has 1 N–H and O–H groups in total. The number of nitrogens with zero attached hydrogens (tertiary/aromatic N) is 2. The van der Waals surface area contributed by atoms with Crippen LogP contribution in [0.15, 0.2) is 76.1 Å². The first-order valence-corrected chi connectivity index (χ1v) is 9.57. The number of para-hydroxylation sites is 1. The van der Waals surface area contributed by atoms with Gasteiger partial charge in [0.1, 0.15) is 11.4 Å². The Labute approximate surface area is 177 Å². The molecule has 0 aliphatic rings. The van der Waals surface area contributed by atoms with E-state index in [1.54, 1.807) is 49.6 Å². The maximum Gasteiger partial charge on any atom is 0.262 e. The largest absolute Gasteiger partial charge is 0.493 e. The molecule has 0 bridgehead atoms. The molecule has 150 valence electrons. The number of fused-ring (bicyclic) bond motifs is 1. The predicted octanol–water partition coefficient (Wildman–Crippen LogP) is 5.28. The number of anilines is 1. The summed E-state index contributed by atoms with van der Waals surface area (Å²) in [4.78, 5) is 21.9. The Morgan fingerprint density at radius 2 is 1.87 bits per heavy atom. The minimum Gasteiger partial charge on any atom is -0.493 e. The monoisotopic (exact) mass is 419 g/mol. The highest BCUT2D eigenvalue weighted by Gasteiger charge is 2.15. The molecular weight excluding hydrogens is 402 g/mol. The number of hydrogen-bond donors (Lipinski definition) is 1. The molecule has 4 rings (SSSR count). The number of amides is 1. The van der Waals surface area contributed by atoms with Crippen molar-refractivity contribution in [1.29, 1.82) is 0 Å². The maximum atomic E-state index is 13.1.